The van der Waals surface area contributed by atoms with E-state index in [1.807, 2.05) is 54.6 Å². The second-order valence-electron chi connectivity index (χ2n) is 17.9. The Morgan fingerprint density at radius 2 is 1.48 bits per heavy atom. The molecule has 1 unspecified atom stereocenters. The summed E-state index contributed by atoms with van der Waals surface area (Å²) < 4.78 is 0. The highest BCUT2D eigenvalue weighted by Gasteiger charge is 2.40. The maximum absolute atomic E-state index is 14.7. The first-order valence-electron chi connectivity index (χ1n) is 23.6. The molecule has 2 saturated heterocycles. The molecule has 6 atom stereocenters. The van der Waals surface area contributed by atoms with E-state index in [4.69, 9.17) is 11.5 Å². The largest absolute Gasteiger partial charge is 0.370 e. The number of fused-ring (bicyclic) bond motifs is 2. The van der Waals surface area contributed by atoms with E-state index in [0.29, 0.717) is 38.5 Å². The van der Waals surface area contributed by atoms with Crippen molar-refractivity contribution in [3.05, 3.63) is 71.9 Å². The van der Waals surface area contributed by atoms with Crippen molar-refractivity contribution in [1.82, 2.24) is 41.8 Å². The highest BCUT2D eigenvalue weighted by atomic mass is 16.2. The number of rotatable bonds is 13. The molecule has 3 fully saturated rings. The highest BCUT2D eigenvalue weighted by molar-refractivity contribution is 5.98. The van der Waals surface area contributed by atoms with Crippen LogP contribution in [0.4, 0.5) is 0 Å². The summed E-state index contributed by atoms with van der Waals surface area (Å²) in [6.45, 7) is 1.98. The molecule has 1 saturated carbocycles. The van der Waals surface area contributed by atoms with Gasteiger partial charge in [0.25, 0.3) is 0 Å². The normalized spacial score (nSPS) is 23.4. The Bertz CT molecular complexity index is 2190. The van der Waals surface area contributed by atoms with Crippen LogP contribution in [0.15, 0.2) is 65.8 Å². The smallest absolute Gasteiger partial charge is 0.245 e. The number of amides is 7. The van der Waals surface area contributed by atoms with Crippen molar-refractivity contribution in [2.75, 3.05) is 19.6 Å². The van der Waals surface area contributed by atoms with Gasteiger partial charge in [0.15, 0.2) is 5.96 Å². The van der Waals surface area contributed by atoms with Gasteiger partial charge >= 0.3 is 0 Å². The third-order valence-corrected chi connectivity index (χ3v) is 12.9. The third kappa shape index (κ3) is 14.0. The number of carbonyl (C=O) groups excluding carboxylic acids is 7. The lowest BCUT2D eigenvalue weighted by Gasteiger charge is -2.32. The Morgan fingerprint density at radius 1 is 0.788 bits per heavy atom. The van der Waals surface area contributed by atoms with Gasteiger partial charge in [-0.15, -0.1) is 0 Å². The van der Waals surface area contributed by atoms with E-state index in [0.717, 1.165) is 54.1 Å². The van der Waals surface area contributed by atoms with Crippen LogP contribution in [0.25, 0.3) is 10.9 Å². The lowest BCUT2D eigenvalue weighted by molar-refractivity contribution is -0.142. The molecule has 18 heteroatoms. The first kappa shape index (κ1) is 49.0. The van der Waals surface area contributed by atoms with Crippen LogP contribution in [0.5, 0.6) is 0 Å². The summed E-state index contributed by atoms with van der Waals surface area (Å²) in [7, 11) is 0. The number of aromatic nitrogens is 1. The van der Waals surface area contributed by atoms with Crippen molar-refractivity contribution < 1.29 is 33.6 Å². The maximum atomic E-state index is 14.7. The third-order valence-electron chi connectivity index (χ3n) is 12.9. The van der Waals surface area contributed by atoms with Crippen molar-refractivity contribution in [1.29, 1.82) is 0 Å². The van der Waals surface area contributed by atoms with Crippen molar-refractivity contribution >= 4 is 58.2 Å². The number of benzene rings is 2. The number of nitrogens with zero attached hydrogens (tertiary/aromatic N) is 2. The zero-order valence-corrected chi connectivity index (χ0v) is 37.9. The number of aromatic amines is 1. The first-order chi connectivity index (χ1) is 31.9. The molecule has 2 aliphatic heterocycles. The topological polar surface area (TPSA) is 275 Å². The molecular weight excluding hydrogens is 843 g/mol. The summed E-state index contributed by atoms with van der Waals surface area (Å²) in [5.41, 5.74) is 13.6. The second kappa shape index (κ2) is 24.2. The first-order valence-corrected chi connectivity index (χ1v) is 23.6. The van der Waals surface area contributed by atoms with E-state index >= 15 is 0 Å². The van der Waals surface area contributed by atoms with Gasteiger partial charge in [0.05, 0.1) is 0 Å². The Hall–Kier alpha value is -6.46. The van der Waals surface area contributed by atoms with Crippen LogP contribution in [0, 0.1) is 5.92 Å². The zero-order valence-electron chi connectivity index (χ0n) is 37.9. The summed E-state index contributed by atoms with van der Waals surface area (Å²) in [5, 5.41) is 18.3. The summed E-state index contributed by atoms with van der Waals surface area (Å²) >= 11 is 0. The van der Waals surface area contributed by atoms with Gasteiger partial charge in [0, 0.05) is 56.5 Å². The number of guanidine groups is 1. The number of para-hydroxylation sites is 1. The van der Waals surface area contributed by atoms with E-state index < -0.39 is 77.6 Å². The van der Waals surface area contributed by atoms with Gasteiger partial charge in [-0.05, 0) is 74.5 Å². The zero-order chi connectivity index (χ0) is 47.0. The molecule has 6 rings (SSSR count). The van der Waals surface area contributed by atoms with E-state index in [2.05, 4.69) is 41.9 Å². The Kier molecular flexibility index (Phi) is 17.9. The van der Waals surface area contributed by atoms with Gasteiger partial charge in [0.2, 0.25) is 41.4 Å². The number of hydrogen-bond donors (Lipinski definition) is 9. The van der Waals surface area contributed by atoms with Crippen molar-refractivity contribution in [3.8, 4) is 0 Å². The van der Waals surface area contributed by atoms with E-state index in [9.17, 15) is 33.6 Å². The minimum atomic E-state index is -1.14. The Morgan fingerprint density at radius 3 is 2.24 bits per heavy atom. The minimum absolute atomic E-state index is 0.0835. The molecule has 3 heterocycles. The van der Waals surface area contributed by atoms with Gasteiger partial charge in [-0.3, -0.25) is 38.6 Å². The number of aliphatic imine (C=N–C) groups is 1. The predicted molar refractivity (Wildman–Crippen MR) is 250 cm³/mol. The van der Waals surface area contributed by atoms with Crippen LogP contribution in [0.1, 0.15) is 102 Å². The maximum Gasteiger partial charge on any atom is 0.245 e. The number of hydrogen-bond acceptors (Lipinski definition) is 8. The summed E-state index contributed by atoms with van der Waals surface area (Å²) in [6.07, 6.45) is 9.63. The average Bonchev–Trinajstić information content (AvgIpc) is 3.97. The molecular formula is C48H67N11O7. The number of H-pyrrole nitrogens is 1. The molecule has 3 aromatic rings. The standard InChI is InChI=1S/C48H67N11O7/c1-30(60)54-38(26-31-14-4-2-5-15-31)43(62)56-37-20-10-11-23-51-42(61)36(21-12-24-52-48(49)50)55-45(64)40(28-33-29-53-35-19-9-8-18-34(33)35)57-44(63)39(27-32-16-6-3-7-17-32)58-46(65)41-22-13-25-59(41)47(37)66/h2,4-5,8-9,14-15,18-19,29,32,36-41,53H,3,6-7,10-13,16-17,20-28H2,1H3,(H,51,61)(H,54,60)(H,55,64)(H,56,62)(H,57,63)(H,58,65)(H4,49,50,52)/t36?,37-,38-,39+,40-,41-/m0/s1. The van der Waals surface area contributed by atoms with Gasteiger partial charge in [-0.2, -0.15) is 0 Å². The van der Waals surface area contributed by atoms with E-state index in [-0.39, 0.29) is 57.2 Å². The fourth-order valence-corrected chi connectivity index (χ4v) is 9.45. The fraction of sp³-hybridized carbons (Fsp3) is 0.542. The average molecular weight is 910 g/mol. The van der Waals surface area contributed by atoms with Crippen LogP contribution < -0.4 is 43.4 Å². The Balaban J connectivity index is 1.31. The molecule has 1 aromatic heterocycles. The number of carbonyl (C=O) groups is 7. The lowest BCUT2D eigenvalue weighted by Crippen LogP contribution is -2.60. The number of nitrogens with one attached hydrogen (secondary N) is 7. The molecule has 18 nitrogen and oxygen atoms in total. The molecule has 1 aliphatic carbocycles. The van der Waals surface area contributed by atoms with Crippen LogP contribution in [-0.2, 0) is 46.4 Å². The molecule has 356 valence electrons. The molecule has 7 amide bonds. The molecule has 0 spiro atoms. The van der Waals surface area contributed by atoms with E-state index in [1.165, 1.54) is 11.8 Å². The molecule has 11 N–H and O–H groups in total. The second-order valence-corrected chi connectivity index (χ2v) is 17.9. The van der Waals surface area contributed by atoms with Gasteiger partial charge in [-0.25, -0.2) is 0 Å². The van der Waals surface area contributed by atoms with Crippen LogP contribution in [0.3, 0.4) is 0 Å². The summed E-state index contributed by atoms with van der Waals surface area (Å²) in [4.78, 5) is 107. The predicted octanol–water partition coefficient (Wildman–Crippen LogP) is 1.71. The molecule has 3 aliphatic rings. The van der Waals surface area contributed by atoms with Gasteiger partial charge in [0.1, 0.15) is 36.3 Å². The van der Waals surface area contributed by atoms with E-state index in [1.54, 1.807) is 6.20 Å². The van der Waals surface area contributed by atoms with Gasteiger partial charge in [-0.1, -0.05) is 80.6 Å². The molecule has 2 aromatic carbocycles. The van der Waals surface area contributed by atoms with Crippen LogP contribution >= 0.6 is 0 Å². The van der Waals surface area contributed by atoms with Crippen molar-refractivity contribution in [2.24, 2.45) is 22.4 Å². The van der Waals surface area contributed by atoms with Crippen molar-refractivity contribution in [2.45, 2.75) is 139 Å². The highest BCUT2D eigenvalue weighted by Crippen LogP contribution is 2.28. The Labute approximate surface area is 386 Å². The SMILES string of the molecule is CC(=O)N[C@@H](Cc1ccccc1)C(=O)N[C@H]1CCCCNC(=O)C(CCCN=C(N)N)NC(=O)[C@H](Cc2c[nH]c3ccccc23)NC(=O)[C@@H](CC2CCCCC2)NC(=O)[C@@H]2CCCN2C1=O. The monoisotopic (exact) mass is 910 g/mol. The van der Waals surface area contributed by atoms with Crippen LogP contribution in [0.2, 0.25) is 0 Å². The van der Waals surface area contributed by atoms with Crippen LogP contribution in [-0.4, -0.2) is 113 Å². The quantitative estimate of drug-likeness (QED) is 0.0685. The molecule has 0 radical (unpaired) electrons. The van der Waals surface area contributed by atoms with Crippen molar-refractivity contribution in [3.63, 3.8) is 0 Å². The summed E-state index contributed by atoms with van der Waals surface area (Å²) in [6, 6.07) is 10.7. The minimum Gasteiger partial charge on any atom is -0.370 e. The lowest BCUT2D eigenvalue weighted by atomic mass is 9.84. The molecule has 66 heavy (non-hydrogen) atoms. The molecule has 0 bridgehead atoms. The van der Waals surface area contributed by atoms with Gasteiger partial charge < -0.3 is 53.3 Å². The summed E-state index contributed by atoms with van der Waals surface area (Å²) in [5.74, 6) is -3.45. The number of nitrogens with two attached hydrogens (primary N) is 2. The fourth-order valence-electron chi connectivity index (χ4n) is 9.45.